The number of rotatable bonds is 5. The van der Waals surface area contributed by atoms with Gasteiger partial charge in [0.1, 0.15) is 6.73 Å². The Morgan fingerprint density at radius 1 is 1.07 bits per heavy atom. The molecule has 0 saturated carbocycles. The first-order chi connectivity index (χ1) is 6.23. The molecule has 0 rings (SSSR count). The van der Waals surface area contributed by atoms with Crippen LogP contribution in [0.3, 0.4) is 0 Å². The highest BCUT2D eigenvalue weighted by molar-refractivity contribution is 5.78. The van der Waals surface area contributed by atoms with Crippen LogP contribution in [0.2, 0.25) is 0 Å². The summed E-state index contributed by atoms with van der Waals surface area (Å²) in [5, 5.41) is 0. The van der Waals surface area contributed by atoms with Crippen molar-refractivity contribution in [1.29, 1.82) is 0 Å². The van der Waals surface area contributed by atoms with Crippen molar-refractivity contribution in [3.8, 4) is 0 Å². The number of methoxy groups -OCH3 is 1. The molecule has 0 unspecified atom stereocenters. The summed E-state index contributed by atoms with van der Waals surface area (Å²) in [4.78, 5) is 4.20. The summed E-state index contributed by atoms with van der Waals surface area (Å²) < 4.78 is 11.1. The van der Waals surface area contributed by atoms with E-state index in [-0.39, 0.29) is 11.2 Å². The molecule has 0 atom stereocenters. The lowest BCUT2D eigenvalue weighted by Crippen LogP contribution is -2.48. The van der Waals surface area contributed by atoms with Gasteiger partial charge in [0.15, 0.2) is 0 Å². The highest BCUT2D eigenvalue weighted by Crippen LogP contribution is 2.28. The molecule has 0 fully saturated rings. The largest absolute Gasteiger partial charge is 0.376 e. The van der Waals surface area contributed by atoms with Crippen LogP contribution < -0.4 is 0 Å². The highest BCUT2D eigenvalue weighted by Gasteiger charge is 2.38. The van der Waals surface area contributed by atoms with E-state index in [1.165, 1.54) is 0 Å². The summed E-state index contributed by atoms with van der Waals surface area (Å²) in [6.07, 6.45) is 0. The second kappa shape index (κ2) is 4.89. The van der Waals surface area contributed by atoms with E-state index in [1.54, 1.807) is 7.11 Å². The van der Waals surface area contributed by atoms with Crippen LogP contribution in [0.5, 0.6) is 0 Å². The molecule has 0 N–H and O–H groups in total. The summed E-state index contributed by atoms with van der Waals surface area (Å²) in [6.45, 7) is 12.3. The van der Waals surface area contributed by atoms with Gasteiger partial charge in [-0.05, 0) is 41.5 Å². The maximum Gasteiger partial charge on any atom is 0.138 e. The smallest absolute Gasteiger partial charge is 0.138 e. The second-order valence-electron chi connectivity index (χ2n) is 4.60. The zero-order valence-electron chi connectivity index (χ0n) is 10.5. The van der Waals surface area contributed by atoms with Gasteiger partial charge in [-0.3, -0.25) is 4.99 Å². The van der Waals surface area contributed by atoms with Gasteiger partial charge < -0.3 is 9.47 Å². The van der Waals surface area contributed by atoms with Crippen LogP contribution in [-0.4, -0.2) is 30.8 Å². The molecule has 0 spiro atoms. The Bertz CT molecular complexity index is 203. The molecule has 0 aromatic rings. The zero-order valence-corrected chi connectivity index (χ0v) is 10.5. The van der Waals surface area contributed by atoms with Crippen molar-refractivity contribution in [1.82, 2.24) is 0 Å². The molecule has 0 radical (unpaired) electrons. The quantitative estimate of drug-likeness (QED) is 0.640. The number of nitrogens with zero attached hydrogens (tertiary/aromatic N) is 1. The summed E-state index contributed by atoms with van der Waals surface area (Å²) in [7, 11) is 1.69. The molecular weight excluding hydrogens is 178 g/mol. The molecule has 0 aromatic carbocycles. The fourth-order valence-corrected chi connectivity index (χ4v) is 0.742. The molecule has 0 aliphatic carbocycles. The lowest BCUT2D eigenvalue weighted by molar-refractivity contribution is -0.161. The Balaban J connectivity index is 4.27. The van der Waals surface area contributed by atoms with Gasteiger partial charge in [-0.1, -0.05) is 0 Å². The average molecular weight is 201 g/mol. The highest BCUT2D eigenvalue weighted by atomic mass is 16.6. The van der Waals surface area contributed by atoms with Gasteiger partial charge in [0.2, 0.25) is 0 Å². The fourth-order valence-electron chi connectivity index (χ4n) is 0.742. The van der Waals surface area contributed by atoms with Crippen molar-refractivity contribution in [2.24, 2.45) is 4.99 Å². The van der Waals surface area contributed by atoms with E-state index in [4.69, 9.17) is 9.47 Å². The Kier molecular flexibility index (Phi) is 4.75. The van der Waals surface area contributed by atoms with Gasteiger partial charge >= 0.3 is 0 Å². The minimum absolute atomic E-state index is 0.315. The average Bonchev–Trinajstić information content (AvgIpc) is 2.03. The van der Waals surface area contributed by atoms with Crippen LogP contribution in [0.1, 0.15) is 41.5 Å². The lowest BCUT2D eigenvalue weighted by Gasteiger charge is -2.39. The van der Waals surface area contributed by atoms with E-state index in [1.807, 2.05) is 41.5 Å². The summed E-state index contributed by atoms with van der Waals surface area (Å²) >= 11 is 0. The molecular formula is C11H23NO2. The number of hydrogen-bond acceptors (Lipinski definition) is 3. The monoisotopic (exact) mass is 201 g/mol. The van der Waals surface area contributed by atoms with Crippen molar-refractivity contribution in [3.05, 3.63) is 0 Å². The van der Waals surface area contributed by atoms with Gasteiger partial charge in [-0.2, -0.15) is 0 Å². The topological polar surface area (TPSA) is 30.8 Å². The van der Waals surface area contributed by atoms with Crippen molar-refractivity contribution in [2.75, 3.05) is 13.8 Å². The number of ether oxygens (including phenoxy) is 2. The molecule has 0 aliphatic heterocycles. The van der Waals surface area contributed by atoms with E-state index < -0.39 is 0 Å². The summed E-state index contributed by atoms with van der Waals surface area (Å²) in [5.41, 5.74) is 0.362. The third kappa shape index (κ3) is 3.76. The third-order valence-corrected chi connectivity index (χ3v) is 2.77. The van der Waals surface area contributed by atoms with Crippen LogP contribution in [-0.2, 0) is 9.47 Å². The van der Waals surface area contributed by atoms with Gasteiger partial charge in [-0.15, -0.1) is 0 Å². The summed E-state index contributed by atoms with van der Waals surface area (Å²) in [6, 6.07) is 0. The maximum absolute atomic E-state index is 5.68. The van der Waals surface area contributed by atoms with Crippen molar-refractivity contribution >= 4 is 5.71 Å². The summed E-state index contributed by atoms with van der Waals surface area (Å²) in [5.74, 6) is 0. The standard InChI is InChI=1S/C11H23NO2/c1-9(2)12-8-14-11(5,6)10(3,4)13-7/h8H2,1-7H3. The van der Waals surface area contributed by atoms with E-state index in [0.717, 1.165) is 5.71 Å². The van der Waals surface area contributed by atoms with E-state index in [2.05, 4.69) is 4.99 Å². The predicted octanol–water partition coefficient (Wildman–Crippen LogP) is 2.64. The molecule has 0 saturated heterocycles. The normalized spacial score (nSPS) is 12.8. The molecule has 0 heterocycles. The van der Waals surface area contributed by atoms with Crippen LogP contribution in [0.15, 0.2) is 4.99 Å². The molecule has 0 bridgehead atoms. The van der Waals surface area contributed by atoms with Gasteiger partial charge in [0.25, 0.3) is 0 Å². The minimum Gasteiger partial charge on any atom is -0.376 e. The Hall–Kier alpha value is -0.410. The van der Waals surface area contributed by atoms with Gasteiger partial charge in [-0.25, -0.2) is 0 Å². The molecule has 0 amide bonds. The molecule has 14 heavy (non-hydrogen) atoms. The maximum atomic E-state index is 5.68. The molecule has 3 heteroatoms. The molecule has 0 aliphatic rings. The number of aliphatic imine (C=N–C) groups is 1. The first-order valence-electron chi connectivity index (χ1n) is 4.90. The first kappa shape index (κ1) is 13.6. The Labute approximate surface area is 87.5 Å². The van der Waals surface area contributed by atoms with Gasteiger partial charge in [0, 0.05) is 12.8 Å². The van der Waals surface area contributed by atoms with E-state index >= 15 is 0 Å². The Morgan fingerprint density at radius 2 is 1.57 bits per heavy atom. The van der Waals surface area contributed by atoms with Crippen molar-refractivity contribution in [2.45, 2.75) is 52.7 Å². The van der Waals surface area contributed by atoms with Crippen LogP contribution in [0.25, 0.3) is 0 Å². The molecule has 0 aromatic heterocycles. The molecule has 3 nitrogen and oxygen atoms in total. The van der Waals surface area contributed by atoms with Crippen LogP contribution >= 0.6 is 0 Å². The van der Waals surface area contributed by atoms with Crippen molar-refractivity contribution in [3.63, 3.8) is 0 Å². The zero-order chi connectivity index (χ0) is 11.4. The molecule has 84 valence electrons. The first-order valence-corrected chi connectivity index (χ1v) is 4.90. The van der Waals surface area contributed by atoms with Crippen LogP contribution in [0.4, 0.5) is 0 Å². The SMILES string of the molecule is COC(C)(C)C(C)(C)OCN=C(C)C. The Morgan fingerprint density at radius 3 is 1.93 bits per heavy atom. The third-order valence-electron chi connectivity index (χ3n) is 2.77. The van der Waals surface area contributed by atoms with Crippen LogP contribution in [0, 0.1) is 0 Å². The second-order valence-corrected chi connectivity index (χ2v) is 4.60. The van der Waals surface area contributed by atoms with Gasteiger partial charge in [0.05, 0.1) is 11.2 Å². The predicted molar refractivity (Wildman–Crippen MR) is 59.9 cm³/mol. The van der Waals surface area contributed by atoms with Crippen molar-refractivity contribution < 1.29 is 9.47 Å². The minimum atomic E-state index is -0.347. The van der Waals surface area contributed by atoms with E-state index in [9.17, 15) is 0 Å². The number of hydrogen-bond donors (Lipinski definition) is 0. The fraction of sp³-hybridized carbons (Fsp3) is 0.909. The lowest BCUT2D eigenvalue weighted by atomic mass is 9.89. The van der Waals surface area contributed by atoms with E-state index in [0.29, 0.717) is 6.73 Å².